The van der Waals surface area contributed by atoms with Gasteiger partial charge in [0.05, 0.1) is 12.2 Å². The van der Waals surface area contributed by atoms with E-state index in [-0.39, 0.29) is 5.97 Å². The molecule has 0 aromatic heterocycles. The minimum absolute atomic E-state index is 0.357. The van der Waals surface area contributed by atoms with Gasteiger partial charge in [0.25, 0.3) is 0 Å². The highest BCUT2D eigenvalue weighted by Gasteiger charge is 2.08. The van der Waals surface area contributed by atoms with Crippen LogP contribution in [-0.4, -0.2) is 12.6 Å². The van der Waals surface area contributed by atoms with Crippen molar-refractivity contribution in [3.63, 3.8) is 0 Å². The Morgan fingerprint density at radius 2 is 1.53 bits per heavy atom. The summed E-state index contributed by atoms with van der Waals surface area (Å²) in [6.07, 6.45) is 0. The van der Waals surface area contributed by atoms with E-state index in [1.54, 1.807) is 36.4 Å². The van der Waals surface area contributed by atoms with E-state index in [9.17, 15) is 4.79 Å². The molecule has 0 N–H and O–H groups in total. The van der Waals surface area contributed by atoms with E-state index in [0.717, 1.165) is 11.3 Å². The van der Waals surface area contributed by atoms with Crippen molar-refractivity contribution < 1.29 is 14.3 Å². The van der Waals surface area contributed by atoms with Crippen LogP contribution in [0.25, 0.3) is 0 Å². The van der Waals surface area contributed by atoms with Crippen LogP contribution in [0.4, 0.5) is 0 Å². The molecule has 0 saturated carbocycles. The van der Waals surface area contributed by atoms with E-state index in [4.69, 9.17) is 9.47 Å². The zero-order valence-corrected chi connectivity index (χ0v) is 11.1. The molecule has 3 heteroatoms. The topological polar surface area (TPSA) is 35.5 Å². The molecule has 2 rings (SSSR count). The molecule has 3 nitrogen and oxygen atoms in total. The van der Waals surface area contributed by atoms with Crippen LogP contribution < -0.4 is 9.47 Å². The van der Waals surface area contributed by atoms with Crippen LogP contribution in [-0.2, 0) is 0 Å². The number of ether oxygens (including phenoxy) is 2. The van der Waals surface area contributed by atoms with Crippen molar-refractivity contribution in [2.75, 3.05) is 6.61 Å². The molecule has 0 fully saturated rings. The fourth-order valence-corrected chi connectivity index (χ4v) is 1.63. The van der Waals surface area contributed by atoms with Crippen molar-refractivity contribution >= 4 is 5.97 Å². The maximum absolute atomic E-state index is 11.9. The number of carbonyl (C=O) groups is 1. The maximum Gasteiger partial charge on any atom is 0.343 e. The number of hydrogen-bond donors (Lipinski definition) is 0. The second-order valence-electron chi connectivity index (χ2n) is 4.16. The molecule has 0 amide bonds. The molecular weight excluding hydrogens is 240 g/mol. The maximum atomic E-state index is 11.9. The highest BCUT2D eigenvalue weighted by Crippen LogP contribution is 2.18. The minimum Gasteiger partial charge on any atom is -0.494 e. The number of rotatable bonds is 4. The summed E-state index contributed by atoms with van der Waals surface area (Å²) in [6.45, 7) is 4.51. The molecule has 2 aromatic rings. The van der Waals surface area contributed by atoms with Gasteiger partial charge < -0.3 is 9.47 Å². The first-order valence-electron chi connectivity index (χ1n) is 6.21. The summed E-state index contributed by atoms with van der Waals surface area (Å²) in [5.74, 6) is 0.913. The molecule has 0 aliphatic heterocycles. The number of aryl methyl sites for hydroxylation is 1. The standard InChI is InChI=1S/C16H16O3/c1-3-18-14-8-10-15(11-9-14)19-16(17)13-6-4-12(2)5-7-13/h4-11H,3H2,1-2H3. The monoisotopic (exact) mass is 256 g/mol. The van der Waals surface area contributed by atoms with Gasteiger partial charge in [-0.15, -0.1) is 0 Å². The molecule has 2 aromatic carbocycles. The van der Waals surface area contributed by atoms with Gasteiger partial charge in [-0.05, 0) is 50.2 Å². The van der Waals surface area contributed by atoms with E-state index in [1.807, 2.05) is 26.0 Å². The molecule has 0 aliphatic rings. The third-order valence-electron chi connectivity index (χ3n) is 2.63. The highest BCUT2D eigenvalue weighted by molar-refractivity contribution is 5.91. The van der Waals surface area contributed by atoms with Crippen LogP contribution in [0.2, 0.25) is 0 Å². The summed E-state index contributed by atoms with van der Waals surface area (Å²) in [4.78, 5) is 11.9. The van der Waals surface area contributed by atoms with Crippen LogP contribution in [0, 0.1) is 6.92 Å². The Kier molecular flexibility index (Phi) is 4.18. The molecule has 0 atom stereocenters. The zero-order chi connectivity index (χ0) is 13.7. The Balaban J connectivity index is 2.04. The van der Waals surface area contributed by atoms with Crippen LogP contribution in [0.3, 0.4) is 0 Å². The zero-order valence-electron chi connectivity index (χ0n) is 11.1. The van der Waals surface area contributed by atoms with E-state index in [1.165, 1.54) is 0 Å². The average molecular weight is 256 g/mol. The lowest BCUT2D eigenvalue weighted by atomic mass is 10.1. The van der Waals surface area contributed by atoms with Crippen molar-refractivity contribution in [3.05, 3.63) is 59.7 Å². The summed E-state index contributed by atoms with van der Waals surface area (Å²) in [7, 11) is 0. The third kappa shape index (κ3) is 3.58. The van der Waals surface area contributed by atoms with Gasteiger partial charge in [0.15, 0.2) is 0 Å². The molecule has 0 aliphatic carbocycles. The van der Waals surface area contributed by atoms with Gasteiger partial charge in [0.1, 0.15) is 11.5 Å². The molecule has 0 heterocycles. The number of esters is 1. The number of benzene rings is 2. The van der Waals surface area contributed by atoms with Crippen molar-refractivity contribution in [1.29, 1.82) is 0 Å². The molecule has 0 bridgehead atoms. The SMILES string of the molecule is CCOc1ccc(OC(=O)c2ccc(C)cc2)cc1. The molecule has 0 radical (unpaired) electrons. The number of carbonyl (C=O) groups excluding carboxylic acids is 1. The lowest BCUT2D eigenvalue weighted by Gasteiger charge is -2.06. The van der Waals surface area contributed by atoms with Crippen molar-refractivity contribution in [1.82, 2.24) is 0 Å². The Hall–Kier alpha value is -2.29. The van der Waals surface area contributed by atoms with Gasteiger partial charge >= 0.3 is 5.97 Å². The average Bonchev–Trinajstić information content (AvgIpc) is 2.42. The quantitative estimate of drug-likeness (QED) is 0.619. The smallest absolute Gasteiger partial charge is 0.343 e. The molecule has 19 heavy (non-hydrogen) atoms. The van der Waals surface area contributed by atoms with E-state index in [0.29, 0.717) is 17.9 Å². The highest BCUT2D eigenvalue weighted by atomic mass is 16.5. The Labute approximate surface area is 112 Å². The Morgan fingerprint density at radius 3 is 2.11 bits per heavy atom. The van der Waals surface area contributed by atoms with E-state index < -0.39 is 0 Å². The van der Waals surface area contributed by atoms with Crippen LogP contribution in [0.15, 0.2) is 48.5 Å². The minimum atomic E-state index is -0.357. The second-order valence-corrected chi connectivity index (χ2v) is 4.16. The number of hydrogen-bond acceptors (Lipinski definition) is 3. The normalized spacial score (nSPS) is 10.0. The molecule has 0 spiro atoms. The summed E-state index contributed by atoms with van der Waals surface area (Å²) in [5.41, 5.74) is 1.65. The lowest BCUT2D eigenvalue weighted by molar-refractivity contribution is 0.0734. The summed E-state index contributed by atoms with van der Waals surface area (Å²) in [5, 5.41) is 0. The van der Waals surface area contributed by atoms with Crippen molar-refractivity contribution in [3.8, 4) is 11.5 Å². The molecule has 0 unspecified atom stereocenters. The third-order valence-corrected chi connectivity index (χ3v) is 2.63. The van der Waals surface area contributed by atoms with Crippen LogP contribution in [0.1, 0.15) is 22.8 Å². The van der Waals surface area contributed by atoms with Gasteiger partial charge in [0, 0.05) is 0 Å². The van der Waals surface area contributed by atoms with Gasteiger partial charge in [-0.1, -0.05) is 17.7 Å². The molecule has 98 valence electrons. The van der Waals surface area contributed by atoms with Crippen LogP contribution >= 0.6 is 0 Å². The fraction of sp³-hybridized carbons (Fsp3) is 0.188. The van der Waals surface area contributed by atoms with E-state index in [2.05, 4.69) is 0 Å². The summed E-state index contributed by atoms with van der Waals surface area (Å²) < 4.78 is 10.6. The predicted octanol–water partition coefficient (Wildman–Crippen LogP) is 3.61. The van der Waals surface area contributed by atoms with E-state index >= 15 is 0 Å². The molecular formula is C16H16O3. The van der Waals surface area contributed by atoms with Crippen LogP contribution in [0.5, 0.6) is 11.5 Å². The van der Waals surface area contributed by atoms with Gasteiger partial charge in [-0.25, -0.2) is 4.79 Å². The predicted molar refractivity (Wildman–Crippen MR) is 73.7 cm³/mol. The first kappa shape index (κ1) is 13.1. The summed E-state index contributed by atoms with van der Waals surface area (Å²) in [6, 6.07) is 14.3. The second kappa shape index (κ2) is 6.05. The molecule has 0 saturated heterocycles. The van der Waals surface area contributed by atoms with Gasteiger partial charge in [-0.2, -0.15) is 0 Å². The van der Waals surface area contributed by atoms with Gasteiger partial charge in [-0.3, -0.25) is 0 Å². The van der Waals surface area contributed by atoms with Crippen molar-refractivity contribution in [2.45, 2.75) is 13.8 Å². The summed E-state index contributed by atoms with van der Waals surface area (Å²) >= 11 is 0. The first-order valence-corrected chi connectivity index (χ1v) is 6.21. The Bertz CT molecular complexity index is 541. The van der Waals surface area contributed by atoms with Crippen molar-refractivity contribution in [2.24, 2.45) is 0 Å². The fourth-order valence-electron chi connectivity index (χ4n) is 1.63. The Morgan fingerprint density at radius 1 is 0.947 bits per heavy atom. The lowest BCUT2D eigenvalue weighted by Crippen LogP contribution is -2.08. The largest absolute Gasteiger partial charge is 0.494 e. The first-order chi connectivity index (χ1) is 9.19. The van der Waals surface area contributed by atoms with Gasteiger partial charge in [0.2, 0.25) is 0 Å².